The van der Waals surface area contributed by atoms with Crippen molar-refractivity contribution in [1.82, 2.24) is 4.98 Å². The molecule has 0 aliphatic heterocycles. The summed E-state index contributed by atoms with van der Waals surface area (Å²) in [5.41, 5.74) is 0.857. The van der Waals surface area contributed by atoms with Gasteiger partial charge in [0.1, 0.15) is 0 Å². The van der Waals surface area contributed by atoms with Crippen LogP contribution in [0.25, 0.3) is 10.2 Å². The molecule has 0 spiro atoms. The third-order valence-corrected chi connectivity index (χ3v) is 4.00. The van der Waals surface area contributed by atoms with Gasteiger partial charge in [-0.3, -0.25) is 0 Å². The maximum atomic E-state index is 11.6. The average molecular weight is 281 g/mol. The zero-order valence-electron chi connectivity index (χ0n) is 7.64. The van der Waals surface area contributed by atoms with E-state index < -0.39 is 0 Å². The number of nitriles is 1. The van der Waals surface area contributed by atoms with Crippen LogP contribution in [0.5, 0.6) is 0 Å². The van der Waals surface area contributed by atoms with Gasteiger partial charge in [-0.2, -0.15) is 0 Å². The number of para-hydroxylation sites is 1. The molecule has 0 bridgehead atoms. The number of rotatable bonds is 3. The van der Waals surface area contributed by atoms with Crippen LogP contribution in [0.1, 0.15) is 9.80 Å². The van der Waals surface area contributed by atoms with Crippen molar-refractivity contribution in [3.8, 4) is 4.97 Å². The molecule has 1 heterocycles. The Kier molecular flexibility index (Phi) is 3.12. The molecule has 0 aliphatic carbocycles. The summed E-state index contributed by atoms with van der Waals surface area (Å²) >= 11 is 1.14. The molecule has 0 saturated heterocycles. The Hall–Kier alpha value is -1.21. The molecular formula is C10H6N2OSSe. The van der Waals surface area contributed by atoms with Crippen molar-refractivity contribution in [3.05, 3.63) is 29.3 Å². The Morgan fingerprint density at radius 1 is 1.53 bits per heavy atom. The molecule has 0 atom stereocenters. The monoisotopic (exact) mass is 282 g/mol. The zero-order valence-corrected chi connectivity index (χ0v) is 10.2. The Morgan fingerprint density at radius 3 is 3.07 bits per heavy atom. The number of carbonyl (C=O) groups is 1. The number of benzene rings is 1. The first kappa shape index (κ1) is 10.3. The molecule has 1 aromatic carbocycles. The SMILES string of the molecule is N#C[Se]CC(=O)c1nc2ccccc2s1. The molecule has 1 aromatic heterocycles. The van der Waals surface area contributed by atoms with Gasteiger partial charge in [-0.1, -0.05) is 0 Å². The van der Waals surface area contributed by atoms with Crippen LogP contribution in [-0.4, -0.2) is 25.7 Å². The number of fused-ring (bicyclic) bond motifs is 1. The second-order valence-corrected chi connectivity index (χ2v) is 5.41. The average Bonchev–Trinajstić information content (AvgIpc) is 2.69. The van der Waals surface area contributed by atoms with Crippen LogP contribution in [0.4, 0.5) is 0 Å². The minimum atomic E-state index is -0.255. The molecule has 0 fully saturated rings. The summed E-state index contributed by atoms with van der Waals surface area (Å²) in [5, 5.41) is 9.25. The number of ketones is 1. The van der Waals surface area contributed by atoms with Crippen molar-refractivity contribution < 1.29 is 4.79 Å². The van der Waals surface area contributed by atoms with Gasteiger partial charge in [0, 0.05) is 0 Å². The normalized spacial score (nSPS) is 10.1. The van der Waals surface area contributed by atoms with Gasteiger partial charge in [0.25, 0.3) is 0 Å². The molecule has 0 aliphatic rings. The van der Waals surface area contributed by atoms with Gasteiger partial charge in [-0.05, 0) is 0 Å². The van der Waals surface area contributed by atoms with E-state index in [4.69, 9.17) is 5.26 Å². The Labute approximate surface area is 96.9 Å². The van der Waals surface area contributed by atoms with E-state index in [-0.39, 0.29) is 20.7 Å². The summed E-state index contributed by atoms with van der Waals surface area (Å²) < 4.78 is 1.02. The molecule has 74 valence electrons. The summed E-state index contributed by atoms with van der Waals surface area (Å²) in [6.07, 6.45) is 0. The predicted molar refractivity (Wildman–Crippen MR) is 60.1 cm³/mol. The quantitative estimate of drug-likeness (QED) is 0.639. The van der Waals surface area contributed by atoms with E-state index in [1.54, 1.807) is 0 Å². The van der Waals surface area contributed by atoms with Gasteiger partial charge in [0.15, 0.2) is 0 Å². The van der Waals surface area contributed by atoms with Crippen molar-refractivity contribution in [3.63, 3.8) is 0 Å². The van der Waals surface area contributed by atoms with E-state index in [2.05, 4.69) is 4.98 Å². The molecule has 2 rings (SSSR count). The number of aromatic nitrogens is 1. The summed E-state index contributed by atoms with van der Waals surface area (Å²) in [5.74, 6) is -0.0160. The van der Waals surface area contributed by atoms with Crippen molar-refractivity contribution in [2.24, 2.45) is 0 Å². The van der Waals surface area contributed by atoms with Gasteiger partial charge in [-0.15, -0.1) is 0 Å². The fourth-order valence-electron chi connectivity index (χ4n) is 1.15. The van der Waals surface area contributed by atoms with Crippen LogP contribution < -0.4 is 0 Å². The van der Waals surface area contributed by atoms with Crippen LogP contribution in [0.3, 0.4) is 0 Å². The first-order chi connectivity index (χ1) is 7.31. The summed E-state index contributed by atoms with van der Waals surface area (Å²) in [6.45, 7) is 0. The molecule has 15 heavy (non-hydrogen) atoms. The zero-order chi connectivity index (χ0) is 10.7. The van der Waals surface area contributed by atoms with Gasteiger partial charge in [0.05, 0.1) is 0 Å². The van der Waals surface area contributed by atoms with Gasteiger partial charge in [-0.25, -0.2) is 0 Å². The minimum absolute atomic E-state index is 0.0160. The molecule has 5 heteroatoms. The second-order valence-electron chi connectivity index (χ2n) is 2.79. The van der Waals surface area contributed by atoms with Crippen molar-refractivity contribution in [2.45, 2.75) is 5.32 Å². The van der Waals surface area contributed by atoms with Gasteiger partial charge in [0.2, 0.25) is 0 Å². The van der Waals surface area contributed by atoms with E-state index in [0.717, 1.165) is 10.2 Å². The second kappa shape index (κ2) is 4.54. The Bertz CT molecular complexity index is 511. The van der Waals surface area contributed by atoms with E-state index in [1.165, 1.54) is 11.3 Å². The van der Waals surface area contributed by atoms with E-state index in [9.17, 15) is 4.79 Å². The Morgan fingerprint density at radius 2 is 2.33 bits per heavy atom. The number of carbonyl (C=O) groups excluding carboxylic acids is 1. The molecule has 0 radical (unpaired) electrons. The fraction of sp³-hybridized carbons (Fsp3) is 0.100. The molecule has 0 amide bonds. The van der Waals surface area contributed by atoms with Gasteiger partial charge >= 0.3 is 96.9 Å². The maximum absolute atomic E-state index is 11.6. The summed E-state index contributed by atoms with van der Waals surface area (Å²) in [4.78, 5) is 17.8. The number of hydrogen-bond donors (Lipinski definition) is 0. The van der Waals surface area contributed by atoms with Crippen LogP contribution in [0, 0.1) is 10.2 Å². The van der Waals surface area contributed by atoms with Crippen LogP contribution >= 0.6 is 11.3 Å². The van der Waals surface area contributed by atoms with E-state index >= 15 is 0 Å². The van der Waals surface area contributed by atoms with Crippen LogP contribution in [-0.2, 0) is 0 Å². The summed E-state index contributed by atoms with van der Waals surface area (Å²) in [7, 11) is 0. The molecular weight excluding hydrogens is 275 g/mol. The number of Topliss-reactive ketones (excluding diaryl/α,β-unsaturated/α-hetero) is 1. The van der Waals surface area contributed by atoms with Crippen LogP contribution in [0.15, 0.2) is 24.3 Å². The van der Waals surface area contributed by atoms with E-state index in [0.29, 0.717) is 10.3 Å². The van der Waals surface area contributed by atoms with E-state index in [1.807, 2.05) is 29.2 Å². The first-order valence-corrected chi connectivity index (χ1v) is 7.09. The summed E-state index contributed by atoms with van der Waals surface area (Å²) in [6, 6.07) is 7.65. The number of thiazole rings is 1. The molecule has 0 saturated carbocycles. The molecule has 0 unspecified atom stereocenters. The molecule has 2 aromatic rings. The Balaban J connectivity index is 2.29. The van der Waals surface area contributed by atoms with Gasteiger partial charge < -0.3 is 0 Å². The van der Waals surface area contributed by atoms with Crippen molar-refractivity contribution in [1.29, 1.82) is 5.26 Å². The first-order valence-electron chi connectivity index (χ1n) is 4.21. The van der Waals surface area contributed by atoms with Crippen molar-refractivity contribution in [2.75, 3.05) is 0 Å². The van der Waals surface area contributed by atoms with Crippen LogP contribution in [0.2, 0.25) is 5.32 Å². The standard InChI is InChI=1S/C10H6N2OSSe/c11-6-15-5-8(13)10-12-7-3-1-2-4-9(7)14-10/h1-4H,5H2. The van der Waals surface area contributed by atoms with Crippen molar-refractivity contribution >= 4 is 42.3 Å². The molecule has 0 N–H and O–H groups in total. The number of hydrogen-bond acceptors (Lipinski definition) is 4. The topological polar surface area (TPSA) is 53.8 Å². The third-order valence-electron chi connectivity index (χ3n) is 1.80. The third kappa shape index (κ3) is 2.24. The predicted octanol–water partition coefficient (Wildman–Crippen LogP) is 2.08. The fourth-order valence-corrected chi connectivity index (χ4v) is 2.96. The molecule has 3 nitrogen and oxygen atoms in total. The number of nitrogens with zero attached hydrogens (tertiary/aromatic N) is 2.